The molecule has 0 aliphatic heterocycles. The van der Waals surface area contributed by atoms with Crippen molar-refractivity contribution in [3.63, 3.8) is 0 Å². The molecule has 0 aliphatic carbocycles. The maximum absolute atomic E-state index is 14.4. The number of anilines is 1. The molecule has 1 unspecified atom stereocenters. The lowest BCUT2D eigenvalue weighted by molar-refractivity contribution is 0.596. The summed E-state index contributed by atoms with van der Waals surface area (Å²) in [6.07, 6.45) is 5.49. The highest BCUT2D eigenvalue weighted by molar-refractivity contribution is 5.83. The van der Waals surface area contributed by atoms with Crippen molar-refractivity contribution in [1.29, 1.82) is 0 Å². The third-order valence-electron chi connectivity index (χ3n) is 4.20. The Balaban J connectivity index is 1.78. The van der Waals surface area contributed by atoms with Gasteiger partial charge in [-0.15, -0.1) is 0 Å². The number of aromatic amines is 1. The summed E-state index contributed by atoms with van der Waals surface area (Å²) in [6, 6.07) is 14.5. The largest absolute Gasteiger partial charge is 0.371 e. The van der Waals surface area contributed by atoms with E-state index < -0.39 is 0 Å². The van der Waals surface area contributed by atoms with Gasteiger partial charge in [-0.3, -0.25) is 0 Å². The van der Waals surface area contributed by atoms with Crippen LogP contribution in [-0.4, -0.2) is 14.5 Å². The number of H-pyrrole nitrogens is 1. The Kier molecular flexibility index (Phi) is 3.54. The molecule has 4 nitrogen and oxygen atoms in total. The Morgan fingerprint density at radius 1 is 1.17 bits per heavy atom. The number of halogens is 1. The van der Waals surface area contributed by atoms with Crippen LogP contribution in [0.2, 0.25) is 0 Å². The van der Waals surface area contributed by atoms with E-state index in [0.29, 0.717) is 5.56 Å². The first-order chi connectivity index (χ1) is 11.7. The average Bonchev–Trinajstić information content (AvgIpc) is 3.21. The van der Waals surface area contributed by atoms with Gasteiger partial charge in [0.15, 0.2) is 0 Å². The van der Waals surface area contributed by atoms with Gasteiger partial charge in [-0.2, -0.15) is 0 Å². The average molecular weight is 320 g/mol. The lowest BCUT2D eigenvalue weighted by atomic mass is 10.0. The van der Waals surface area contributed by atoms with Crippen LogP contribution in [0.15, 0.2) is 67.1 Å². The normalized spacial score (nSPS) is 12.4. The van der Waals surface area contributed by atoms with Crippen LogP contribution in [0.5, 0.6) is 0 Å². The number of nitrogens with one attached hydrogen (secondary N) is 2. The number of fused-ring (bicyclic) bond motifs is 1. The first-order valence-electron chi connectivity index (χ1n) is 7.78. The lowest BCUT2D eigenvalue weighted by Crippen LogP contribution is -2.18. The zero-order chi connectivity index (χ0) is 16.5. The first-order valence-corrected chi connectivity index (χ1v) is 7.78. The number of benzene rings is 2. The summed E-state index contributed by atoms with van der Waals surface area (Å²) < 4.78 is 16.3. The van der Waals surface area contributed by atoms with Gasteiger partial charge in [0.25, 0.3) is 0 Å². The van der Waals surface area contributed by atoms with Gasteiger partial charge in [0, 0.05) is 47.8 Å². The minimum absolute atomic E-state index is 0.249. The summed E-state index contributed by atoms with van der Waals surface area (Å²) in [5, 5.41) is 4.53. The van der Waals surface area contributed by atoms with Crippen LogP contribution >= 0.6 is 0 Å². The molecular formula is C19H17FN4. The van der Waals surface area contributed by atoms with E-state index in [1.807, 2.05) is 54.3 Å². The second-order valence-corrected chi connectivity index (χ2v) is 5.77. The molecule has 2 N–H and O–H groups in total. The molecule has 0 saturated heterocycles. The Morgan fingerprint density at radius 3 is 2.83 bits per heavy atom. The highest BCUT2D eigenvalue weighted by Gasteiger charge is 2.21. The smallest absolute Gasteiger partial charge is 0.135 e. The molecule has 2 aromatic carbocycles. The van der Waals surface area contributed by atoms with Gasteiger partial charge in [-0.05, 0) is 30.3 Å². The zero-order valence-corrected chi connectivity index (χ0v) is 13.2. The molecule has 2 aromatic heterocycles. The van der Waals surface area contributed by atoms with Crippen molar-refractivity contribution in [1.82, 2.24) is 14.5 Å². The van der Waals surface area contributed by atoms with Gasteiger partial charge < -0.3 is 14.9 Å². The molecule has 0 aliphatic rings. The van der Waals surface area contributed by atoms with Crippen LogP contribution in [0.4, 0.5) is 10.1 Å². The molecule has 0 radical (unpaired) electrons. The van der Waals surface area contributed by atoms with Crippen LogP contribution in [0.1, 0.15) is 17.4 Å². The van der Waals surface area contributed by atoms with Crippen LogP contribution < -0.4 is 5.32 Å². The number of hydrogen-bond acceptors (Lipinski definition) is 2. The first kappa shape index (κ1) is 14.5. The number of nitrogens with zero attached hydrogens (tertiary/aromatic N) is 2. The molecule has 24 heavy (non-hydrogen) atoms. The topological polar surface area (TPSA) is 45.6 Å². The van der Waals surface area contributed by atoms with E-state index in [1.54, 1.807) is 18.3 Å². The second kappa shape index (κ2) is 5.85. The van der Waals surface area contributed by atoms with Crippen LogP contribution in [0.3, 0.4) is 0 Å². The molecule has 4 rings (SSSR count). The van der Waals surface area contributed by atoms with E-state index >= 15 is 0 Å². The molecule has 2 heterocycles. The Labute approximate surface area is 139 Å². The highest BCUT2D eigenvalue weighted by atomic mass is 19.1. The van der Waals surface area contributed by atoms with E-state index in [9.17, 15) is 4.39 Å². The Bertz CT molecular complexity index is 986. The van der Waals surface area contributed by atoms with Crippen molar-refractivity contribution < 1.29 is 4.39 Å². The third kappa shape index (κ3) is 2.54. The summed E-state index contributed by atoms with van der Waals surface area (Å²) in [4.78, 5) is 7.58. The molecule has 4 aromatic rings. The molecule has 5 heteroatoms. The summed E-state index contributed by atoms with van der Waals surface area (Å²) >= 11 is 0. The van der Waals surface area contributed by atoms with E-state index in [1.165, 1.54) is 6.07 Å². The van der Waals surface area contributed by atoms with Crippen LogP contribution in [0, 0.1) is 5.82 Å². The van der Waals surface area contributed by atoms with Crippen LogP contribution in [0.25, 0.3) is 10.9 Å². The van der Waals surface area contributed by atoms with Gasteiger partial charge in [0.05, 0.1) is 0 Å². The van der Waals surface area contributed by atoms with E-state index in [0.717, 1.165) is 22.4 Å². The lowest BCUT2D eigenvalue weighted by Gasteiger charge is -2.21. The monoisotopic (exact) mass is 320 g/mol. The van der Waals surface area contributed by atoms with Gasteiger partial charge >= 0.3 is 0 Å². The fourth-order valence-electron chi connectivity index (χ4n) is 2.96. The quantitative estimate of drug-likeness (QED) is 0.591. The van der Waals surface area contributed by atoms with E-state index in [-0.39, 0.29) is 11.9 Å². The third-order valence-corrected chi connectivity index (χ3v) is 4.20. The fraction of sp³-hybridized carbons (Fsp3) is 0.105. The van der Waals surface area contributed by atoms with Crippen molar-refractivity contribution >= 4 is 16.6 Å². The maximum Gasteiger partial charge on any atom is 0.135 e. The Hall–Kier alpha value is -3.08. The van der Waals surface area contributed by atoms with E-state index in [4.69, 9.17) is 0 Å². The molecule has 0 spiro atoms. The summed E-state index contributed by atoms with van der Waals surface area (Å²) in [5.41, 5.74) is 2.55. The minimum Gasteiger partial charge on any atom is -0.371 e. The second-order valence-electron chi connectivity index (χ2n) is 5.77. The van der Waals surface area contributed by atoms with Gasteiger partial charge in [-0.25, -0.2) is 9.37 Å². The number of aromatic nitrogens is 3. The molecule has 0 amide bonds. The van der Waals surface area contributed by atoms with Crippen molar-refractivity contribution in [2.45, 2.75) is 6.04 Å². The standard InChI is InChI=1S/C19H17FN4/c1-24-11-10-22-19(24)18(15-4-2-3-5-16(15)20)23-14-6-7-17-13(12-14)8-9-21-17/h2-12,18,21,23H,1H3. The molecule has 0 saturated carbocycles. The fourth-order valence-corrected chi connectivity index (χ4v) is 2.96. The van der Waals surface area contributed by atoms with Crippen LogP contribution in [-0.2, 0) is 7.05 Å². The zero-order valence-electron chi connectivity index (χ0n) is 13.2. The van der Waals surface area contributed by atoms with Crippen molar-refractivity contribution in [2.75, 3.05) is 5.32 Å². The summed E-state index contributed by atoms with van der Waals surface area (Å²) in [7, 11) is 1.91. The maximum atomic E-state index is 14.4. The predicted molar refractivity (Wildman–Crippen MR) is 93.4 cm³/mol. The highest BCUT2D eigenvalue weighted by Crippen LogP contribution is 2.28. The van der Waals surface area contributed by atoms with Gasteiger partial charge in [0.2, 0.25) is 0 Å². The number of imidazole rings is 1. The summed E-state index contributed by atoms with van der Waals surface area (Å²) in [5.74, 6) is 0.509. The number of hydrogen-bond donors (Lipinski definition) is 2. The molecule has 0 bridgehead atoms. The molecule has 120 valence electrons. The molecule has 1 atom stereocenters. The van der Waals surface area contributed by atoms with Crippen molar-refractivity contribution in [2.24, 2.45) is 7.05 Å². The SMILES string of the molecule is Cn1ccnc1C(Nc1ccc2[nH]ccc2c1)c1ccccc1F. The number of rotatable bonds is 4. The van der Waals surface area contributed by atoms with Gasteiger partial charge in [0.1, 0.15) is 17.7 Å². The summed E-state index contributed by atoms with van der Waals surface area (Å²) in [6.45, 7) is 0. The molecular weight excluding hydrogens is 303 g/mol. The van der Waals surface area contributed by atoms with Crippen molar-refractivity contribution in [3.8, 4) is 0 Å². The predicted octanol–water partition coefficient (Wildman–Crippen LogP) is 4.24. The van der Waals surface area contributed by atoms with Crippen molar-refractivity contribution in [3.05, 3.63) is 84.3 Å². The minimum atomic E-state index is -0.373. The van der Waals surface area contributed by atoms with Gasteiger partial charge in [-0.1, -0.05) is 18.2 Å². The van der Waals surface area contributed by atoms with E-state index in [2.05, 4.69) is 15.3 Å². The molecule has 0 fully saturated rings. The number of aryl methyl sites for hydroxylation is 1. The Morgan fingerprint density at radius 2 is 2.04 bits per heavy atom.